The first-order chi connectivity index (χ1) is 2.00. The highest BCUT2D eigenvalue weighted by atomic mass is 29.1. The average molecular weight is 124 g/mol. The summed E-state index contributed by atoms with van der Waals surface area (Å²) in [6, 6.07) is 0. The van der Waals surface area contributed by atoms with Crippen molar-refractivity contribution in [3.8, 4) is 0 Å². The second-order valence-corrected chi connectivity index (χ2v) is 0. The Kier molecular flexibility index (Phi) is 93.5. The normalized spacial score (nSPS) is 6.00. The topological polar surface area (TPSA) is 0 Å². The third kappa shape index (κ3) is 13.3. The molecule has 0 amide bonds. The summed E-state index contributed by atoms with van der Waals surface area (Å²) in [4.78, 5) is 0. The molecule has 0 saturated carbocycles. The van der Waals surface area contributed by atoms with Crippen LogP contribution in [0.25, 0.3) is 0 Å². The molecule has 0 spiro atoms. The lowest BCUT2D eigenvalue weighted by Crippen LogP contribution is -1.38. The summed E-state index contributed by atoms with van der Waals surface area (Å²) in [6.45, 7) is 0. The summed E-state index contributed by atoms with van der Waals surface area (Å²) in [5, 5.41) is 0. The molecular formula is H12Si4. The molecule has 0 aliphatic heterocycles. The maximum atomic E-state index is 1.44. The highest BCUT2D eigenvalue weighted by Crippen LogP contribution is 0.621. The van der Waals surface area contributed by atoms with E-state index in [0.29, 0.717) is 0 Å². The van der Waals surface area contributed by atoms with Crippen molar-refractivity contribution >= 4 is 39.0 Å². The SMILES string of the molecule is [SiH3][SiH3].[SiH3][SiH3]. The molecule has 0 saturated heterocycles. The lowest BCUT2D eigenvalue weighted by Gasteiger charge is -1.01. The van der Waals surface area contributed by atoms with E-state index in [1.54, 1.807) is 0 Å². The van der Waals surface area contributed by atoms with Crippen molar-refractivity contribution in [1.29, 1.82) is 0 Å². The lowest BCUT2D eigenvalue weighted by molar-refractivity contribution is 4.75. The van der Waals surface area contributed by atoms with Crippen LogP contribution in [0.5, 0.6) is 0 Å². The van der Waals surface area contributed by atoms with Crippen LogP contribution in [0, 0.1) is 0 Å². The van der Waals surface area contributed by atoms with Gasteiger partial charge in [-0.15, -0.1) is 0 Å². The third-order valence-corrected chi connectivity index (χ3v) is 0. The number of rotatable bonds is 0. The molecule has 0 heterocycles. The van der Waals surface area contributed by atoms with Crippen molar-refractivity contribution in [3.63, 3.8) is 0 Å². The molecule has 0 unspecified atom stereocenters. The van der Waals surface area contributed by atoms with Crippen LogP contribution in [0.15, 0.2) is 0 Å². The summed E-state index contributed by atoms with van der Waals surface area (Å²) in [6.07, 6.45) is 0. The third-order valence-electron chi connectivity index (χ3n) is 0. The molecule has 4 heavy (non-hydrogen) atoms. The van der Waals surface area contributed by atoms with Crippen LogP contribution in [0.3, 0.4) is 0 Å². The van der Waals surface area contributed by atoms with E-state index in [-0.39, 0.29) is 0 Å². The van der Waals surface area contributed by atoms with Gasteiger partial charge in [0.1, 0.15) is 0 Å². The Bertz CT molecular complexity index is 0. The van der Waals surface area contributed by atoms with Gasteiger partial charge < -0.3 is 0 Å². The van der Waals surface area contributed by atoms with Gasteiger partial charge in [0, 0.05) is 0 Å². The summed E-state index contributed by atoms with van der Waals surface area (Å²) in [7, 11) is 5.78. The largest absolute Gasteiger partial charge is 0.0125 e. The van der Waals surface area contributed by atoms with Gasteiger partial charge in [-0.25, -0.2) is 0 Å². The van der Waals surface area contributed by atoms with Gasteiger partial charge >= 0.3 is 0 Å². The Morgan fingerprint density at radius 1 is 0.500 bits per heavy atom. The summed E-state index contributed by atoms with van der Waals surface area (Å²) in [5.74, 6) is 0. The minimum Gasteiger partial charge on any atom is -0.0125 e. The molecule has 0 aromatic rings. The second-order valence-electron chi connectivity index (χ2n) is 0. The van der Waals surface area contributed by atoms with Crippen LogP contribution in [-0.2, 0) is 0 Å². The fourth-order valence-electron chi connectivity index (χ4n) is 0. The van der Waals surface area contributed by atoms with Crippen LogP contribution in [-0.4, -0.2) is 39.0 Å². The van der Waals surface area contributed by atoms with E-state index < -0.39 is 0 Å². The number of hydrogen-bond acceptors (Lipinski definition) is 0. The van der Waals surface area contributed by atoms with Gasteiger partial charge in [-0.05, 0) is 39.0 Å². The monoisotopic (exact) mass is 124 g/mol. The zero-order chi connectivity index (χ0) is 4.00. The molecule has 0 atom stereocenters. The molecule has 0 fully saturated rings. The molecule has 0 aliphatic carbocycles. The quantitative estimate of drug-likeness (QED) is 0.285. The van der Waals surface area contributed by atoms with Gasteiger partial charge in [0.2, 0.25) is 0 Å². The van der Waals surface area contributed by atoms with E-state index in [2.05, 4.69) is 0 Å². The van der Waals surface area contributed by atoms with Crippen molar-refractivity contribution < 1.29 is 0 Å². The van der Waals surface area contributed by atoms with Crippen molar-refractivity contribution in [2.24, 2.45) is 0 Å². The van der Waals surface area contributed by atoms with Crippen molar-refractivity contribution in [3.05, 3.63) is 0 Å². The van der Waals surface area contributed by atoms with Crippen LogP contribution in [0.2, 0.25) is 0 Å². The van der Waals surface area contributed by atoms with Gasteiger partial charge in [-0.1, -0.05) is 0 Å². The minimum absolute atomic E-state index is 1.44. The van der Waals surface area contributed by atoms with E-state index in [9.17, 15) is 0 Å². The standard InChI is InChI=1S/2H6Si2/c2*1-2/h2*1-2H3. The van der Waals surface area contributed by atoms with E-state index in [4.69, 9.17) is 0 Å². The first kappa shape index (κ1) is 8.85. The molecule has 0 N–H and O–H groups in total. The molecule has 0 bridgehead atoms. The van der Waals surface area contributed by atoms with Crippen LogP contribution >= 0.6 is 0 Å². The van der Waals surface area contributed by atoms with E-state index in [1.807, 2.05) is 0 Å². The number of hydrogen-bond donors (Lipinski definition) is 0. The highest BCUT2D eigenvalue weighted by Gasteiger charge is 0.990. The molecule has 0 aromatic heterocycles. The fraction of sp³-hybridized carbons (Fsp3) is 0. The average Bonchev–Trinajstić information content (AvgIpc) is 1.50. The Morgan fingerprint density at radius 3 is 0.500 bits per heavy atom. The van der Waals surface area contributed by atoms with Crippen molar-refractivity contribution in [2.45, 2.75) is 0 Å². The maximum Gasteiger partial charge on any atom is -0.0125 e. The van der Waals surface area contributed by atoms with Gasteiger partial charge in [-0.2, -0.15) is 0 Å². The van der Waals surface area contributed by atoms with E-state index in [1.165, 1.54) is 39.0 Å². The van der Waals surface area contributed by atoms with Crippen molar-refractivity contribution in [1.82, 2.24) is 0 Å². The molecule has 0 nitrogen and oxygen atoms in total. The summed E-state index contributed by atoms with van der Waals surface area (Å²) < 4.78 is 0. The van der Waals surface area contributed by atoms with Crippen LogP contribution < -0.4 is 0 Å². The summed E-state index contributed by atoms with van der Waals surface area (Å²) >= 11 is 0. The van der Waals surface area contributed by atoms with Crippen LogP contribution in [0.1, 0.15) is 0 Å². The van der Waals surface area contributed by atoms with Crippen molar-refractivity contribution in [2.75, 3.05) is 0 Å². The van der Waals surface area contributed by atoms with Gasteiger partial charge in [0.15, 0.2) is 0 Å². The fourth-order valence-corrected chi connectivity index (χ4v) is 0. The molecule has 0 radical (unpaired) electrons. The molecule has 4 heteroatoms. The van der Waals surface area contributed by atoms with Gasteiger partial charge in [-0.3, -0.25) is 0 Å². The lowest BCUT2D eigenvalue weighted by atomic mass is 27.1. The molecular weight excluding hydrogens is 112 g/mol. The summed E-state index contributed by atoms with van der Waals surface area (Å²) in [5.41, 5.74) is 0. The maximum absolute atomic E-state index is 1.44. The zero-order valence-corrected chi connectivity index (χ0v) is 12.0. The first-order valence-corrected chi connectivity index (χ1v) is 18.0. The molecule has 0 rings (SSSR count). The Labute approximate surface area is 39.6 Å². The predicted octanol–water partition coefficient (Wildman–Crippen LogP) is -4.74. The molecule has 0 aliphatic rings. The minimum atomic E-state index is 1.44. The Hall–Kier alpha value is 0.868. The van der Waals surface area contributed by atoms with E-state index >= 15 is 0 Å². The van der Waals surface area contributed by atoms with Gasteiger partial charge in [0.25, 0.3) is 0 Å². The second kappa shape index (κ2) is 42.3. The van der Waals surface area contributed by atoms with E-state index in [0.717, 1.165) is 0 Å². The first-order valence-electron chi connectivity index (χ1n) is 2.00. The molecule has 0 aromatic carbocycles. The van der Waals surface area contributed by atoms with Crippen LogP contribution in [0.4, 0.5) is 0 Å². The Balaban J connectivity index is 0. The predicted molar refractivity (Wildman–Crippen MR) is 39.8 cm³/mol. The zero-order valence-electron chi connectivity index (χ0n) is 4.00. The smallest absolute Gasteiger partial charge is 0.0125 e. The Morgan fingerprint density at radius 2 is 0.500 bits per heavy atom. The highest BCUT2D eigenvalue weighted by molar-refractivity contribution is 6.76. The van der Waals surface area contributed by atoms with Gasteiger partial charge in [0.05, 0.1) is 0 Å². The molecule has 28 valence electrons.